The van der Waals surface area contributed by atoms with Crippen molar-refractivity contribution >= 4 is 28.3 Å². The van der Waals surface area contributed by atoms with Crippen molar-refractivity contribution in [3.63, 3.8) is 0 Å². The van der Waals surface area contributed by atoms with Gasteiger partial charge >= 0.3 is 5.97 Å². The molecular weight excluding hydrogens is 268 g/mol. The fourth-order valence-electron chi connectivity index (χ4n) is 1.94. The minimum absolute atomic E-state index is 0.132. The third-order valence-electron chi connectivity index (χ3n) is 2.78. The molecule has 19 heavy (non-hydrogen) atoms. The van der Waals surface area contributed by atoms with Crippen LogP contribution in [0.3, 0.4) is 0 Å². The van der Waals surface area contributed by atoms with Crippen molar-refractivity contribution in [1.29, 1.82) is 0 Å². The van der Waals surface area contributed by atoms with E-state index >= 15 is 0 Å². The molecule has 5 heteroatoms. The third kappa shape index (κ3) is 2.64. The first-order valence-corrected chi connectivity index (χ1v) is 6.18. The molecule has 0 saturated heterocycles. The molecule has 2 rings (SSSR count). The van der Waals surface area contributed by atoms with Gasteiger partial charge in [-0.2, -0.15) is 0 Å². The molecule has 100 valence electrons. The Bertz CT molecular complexity index is 624. The number of benzene rings is 2. The fraction of sp³-hybridized carbons (Fsp3) is 0.214. The van der Waals surface area contributed by atoms with Crippen molar-refractivity contribution in [3.05, 3.63) is 40.9 Å². The molecule has 0 amide bonds. The fourth-order valence-corrected chi connectivity index (χ4v) is 2.12. The molecule has 0 aliphatic heterocycles. The van der Waals surface area contributed by atoms with E-state index < -0.39 is 12.1 Å². The maximum absolute atomic E-state index is 11.6. The van der Waals surface area contributed by atoms with Gasteiger partial charge in [0.05, 0.1) is 6.61 Å². The summed E-state index contributed by atoms with van der Waals surface area (Å²) in [5.74, 6) is -0.948. The van der Waals surface area contributed by atoms with Gasteiger partial charge in [-0.15, -0.1) is 0 Å². The van der Waals surface area contributed by atoms with E-state index in [0.717, 1.165) is 5.39 Å². The van der Waals surface area contributed by atoms with Crippen molar-refractivity contribution in [3.8, 4) is 5.75 Å². The molecule has 1 atom stereocenters. The topological polar surface area (TPSA) is 66.8 Å². The van der Waals surface area contributed by atoms with Crippen LogP contribution in [0.15, 0.2) is 30.3 Å². The summed E-state index contributed by atoms with van der Waals surface area (Å²) in [5.41, 5.74) is 0.132. The van der Waals surface area contributed by atoms with E-state index in [1.165, 1.54) is 6.07 Å². The van der Waals surface area contributed by atoms with E-state index in [4.69, 9.17) is 16.3 Å². The highest BCUT2D eigenvalue weighted by molar-refractivity contribution is 6.31. The Morgan fingerprint density at radius 1 is 1.37 bits per heavy atom. The average Bonchev–Trinajstić information content (AvgIpc) is 2.38. The maximum atomic E-state index is 11.6. The zero-order valence-electron chi connectivity index (χ0n) is 10.3. The number of rotatable bonds is 3. The molecular formula is C14H13ClO4. The molecule has 0 bridgehead atoms. The van der Waals surface area contributed by atoms with E-state index in [1.54, 1.807) is 31.2 Å². The molecule has 0 aliphatic carbocycles. The van der Waals surface area contributed by atoms with Crippen molar-refractivity contribution in [1.82, 2.24) is 0 Å². The largest absolute Gasteiger partial charge is 0.508 e. The Morgan fingerprint density at radius 2 is 2.11 bits per heavy atom. The lowest BCUT2D eigenvalue weighted by atomic mass is 9.99. The van der Waals surface area contributed by atoms with Gasteiger partial charge in [0, 0.05) is 10.6 Å². The minimum Gasteiger partial charge on any atom is -0.508 e. The lowest BCUT2D eigenvalue weighted by Crippen LogP contribution is -2.15. The normalized spacial score (nSPS) is 12.4. The summed E-state index contributed by atoms with van der Waals surface area (Å²) in [5, 5.41) is 21.7. The van der Waals surface area contributed by atoms with E-state index in [1.807, 2.05) is 0 Å². The minimum atomic E-state index is -1.52. The summed E-state index contributed by atoms with van der Waals surface area (Å²) in [6, 6.07) is 8.05. The highest BCUT2D eigenvalue weighted by Crippen LogP contribution is 2.34. The summed E-state index contributed by atoms with van der Waals surface area (Å²) in [6.45, 7) is 1.81. The highest BCUT2D eigenvalue weighted by Gasteiger charge is 2.24. The number of aliphatic hydroxyl groups excluding tert-OH is 1. The number of carbonyl (C=O) groups excluding carboxylic acids is 1. The Balaban J connectivity index is 2.58. The second-order valence-electron chi connectivity index (χ2n) is 4.02. The number of phenols is 1. The number of hydrogen-bond acceptors (Lipinski definition) is 4. The molecule has 0 aromatic heterocycles. The van der Waals surface area contributed by atoms with E-state index in [9.17, 15) is 15.0 Å². The molecule has 0 spiro atoms. The number of hydrogen-bond donors (Lipinski definition) is 2. The molecule has 0 aliphatic rings. The van der Waals surface area contributed by atoms with Gasteiger partial charge in [-0.05, 0) is 35.9 Å². The molecule has 0 fully saturated rings. The van der Waals surface area contributed by atoms with Crippen molar-refractivity contribution in [2.24, 2.45) is 0 Å². The Morgan fingerprint density at radius 3 is 2.79 bits per heavy atom. The van der Waals surface area contributed by atoms with Crippen LogP contribution < -0.4 is 0 Å². The second kappa shape index (κ2) is 5.47. The van der Waals surface area contributed by atoms with Crippen LogP contribution >= 0.6 is 11.6 Å². The second-order valence-corrected chi connectivity index (χ2v) is 4.45. The van der Waals surface area contributed by atoms with Gasteiger partial charge < -0.3 is 14.9 Å². The summed E-state index contributed by atoms with van der Waals surface area (Å²) < 4.78 is 4.76. The average molecular weight is 281 g/mol. The number of halogens is 1. The lowest BCUT2D eigenvalue weighted by Gasteiger charge is -2.14. The number of ether oxygens (including phenoxy) is 1. The molecule has 0 radical (unpaired) electrons. The monoisotopic (exact) mass is 280 g/mol. The number of phenolic OH excluding ortho intramolecular Hbond substituents is 1. The van der Waals surface area contributed by atoms with Crippen LogP contribution in [0.5, 0.6) is 5.75 Å². The zero-order valence-corrected chi connectivity index (χ0v) is 11.0. The van der Waals surface area contributed by atoms with Crippen LogP contribution in [0.25, 0.3) is 10.8 Å². The van der Waals surface area contributed by atoms with Gasteiger partial charge in [0.15, 0.2) is 6.10 Å². The predicted octanol–water partition coefficient (Wildman–Crippen LogP) is 2.80. The number of aliphatic hydroxyl groups is 1. The van der Waals surface area contributed by atoms with Gasteiger partial charge in [-0.25, -0.2) is 4.79 Å². The molecule has 1 unspecified atom stereocenters. The van der Waals surface area contributed by atoms with Crippen LogP contribution in [-0.2, 0) is 9.53 Å². The van der Waals surface area contributed by atoms with Crippen LogP contribution in [-0.4, -0.2) is 22.8 Å². The van der Waals surface area contributed by atoms with Gasteiger partial charge in [0.1, 0.15) is 5.75 Å². The van der Waals surface area contributed by atoms with Crippen LogP contribution in [0.2, 0.25) is 5.02 Å². The van der Waals surface area contributed by atoms with E-state index in [-0.39, 0.29) is 17.9 Å². The van der Waals surface area contributed by atoms with Crippen molar-refractivity contribution in [2.75, 3.05) is 6.61 Å². The van der Waals surface area contributed by atoms with Gasteiger partial charge in [0.25, 0.3) is 0 Å². The maximum Gasteiger partial charge on any atom is 0.339 e. The molecule has 2 aromatic rings. The number of fused-ring (bicyclic) bond motifs is 1. The van der Waals surface area contributed by atoms with Crippen LogP contribution in [0.1, 0.15) is 18.6 Å². The van der Waals surface area contributed by atoms with Crippen LogP contribution in [0.4, 0.5) is 0 Å². The summed E-state index contributed by atoms with van der Waals surface area (Å²) in [4.78, 5) is 11.6. The Labute approximate surface area is 115 Å². The molecule has 0 saturated carbocycles. The predicted molar refractivity (Wildman–Crippen MR) is 72.2 cm³/mol. The molecule has 4 nitrogen and oxygen atoms in total. The molecule has 0 heterocycles. The lowest BCUT2D eigenvalue weighted by molar-refractivity contribution is -0.153. The standard InChI is InChI=1S/C14H13ClO4/c1-2-19-14(18)13(17)12-10-5-4-9(15)7-8(10)3-6-11(12)16/h3-7,13,16-17H,2H2,1H3. The SMILES string of the molecule is CCOC(=O)C(O)c1c(O)ccc2cc(Cl)ccc12. The summed E-state index contributed by atoms with van der Waals surface area (Å²) >= 11 is 5.89. The Hall–Kier alpha value is -1.78. The van der Waals surface area contributed by atoms with E-state index in [0.29, 0.717) is 10.4 Å². The van der Waals surface area contributed by atoms with Gasteiger partial charge in [-0.3, -0.25) is 0 Å². The van der Waals surface area contributed by atoms with Crippen LogP contribution in [0, 0.1) is 0 Å². The Kier molecular flexibility index (Phi) is 3.93. The number of aromatic hydroxyl groups is 1. The van der Waals surface area contributed by atoms with Crippen molar-refractivity contribution in [2.45, 2.75) is 13.0 Å². The first-order valence-electron chi connectivity index (χ1n) is 5.80. The van der Waals surface area contributed by atoms with Gasteiger partial charge in [-0.1, -0.05) is 23.7 Å². The zero-order chi connectivity index (χ0) is 14.0. The summed E-state index contributed by atoms with van der Waals surface area (Å²) in [7, 11) is 0. The number of esters is 1. The third-order valence-corrected chi connectivity index (χ3v) is 3.02. The van der Waals surface area contributed by atoms with E-state index in [2.05, 4.69) is 0 Å². The highest BCUT2D eigenvalue weighted by atomic mass is 35.5. The smallest absolute Gasteiger partial charge is 0.339 e. The number of carbonyl (C=O) groups is 1. The quantitative estimate of drug-likeness (QED) is 0.849. The first-order chi connectivity index (χ1) is 9.04. The summed E-state index contributed by atoms with van der Waals surface area (Å²) in [6.07, 6.45) is -1.52. The molecule has 2 aromatic carbocycles. The first kappa shape index (κ1) is 13.6. The van der Waals surface area contributed by atoms with Gasteiger partial charge in [0.2, 0.25) is 0 Å². The van der Waals surface area contributed by atoms with Crippen molar-refractivity contribution < 1.29 is 19.7 Å². The molecule has 2 N–H and O–H groups in total.